The number of ether oxygens (including phenoxy) is 1. The van der Waals surface area contributed by atoms with E-state index in [9.17, 15) is 0 Å². The van der Waals surface area contributed by atoms with Crippen LogP contribution in [0.3, 0.4) is 0 Å². The maximum absolute atomic E-state index is 8.23. The topological polar surface area (TPSA) is 21.3 Å². The molecule has 3 rings (SSSR count). The van der Waals surface area contributed by atoms with Crippen LogP contribution in [0, 0.1) is 0 Å². The fourth-order valence-electron chi connectivity index (χ4n) is 2.36. The van der Waals surface area contributed by atoms with Gasteiger partial charge in [-0.3, -0.25) is 0 Å². The summed E-state index contributed by atoms with van der Waals surface area (Å²) >= 11 is 0. The maximum atomic E-state index is 8.23. The summed E-state index contributed by atoms with van der Waals surface area (Å²) in [7, 11) is 1.41. The van der Waals surface area contributed by atoms with Gasteiger partial charge in [-0.15, -0.1) is 12.4 Å². The van der Waals surface area contributed by atoms with Crippen LogP contribution in [0.2, 0.25) is 0 Å². The third-order valence-electron chi connectivity index (χ3n) is 3.28. The van der Waals surface area contributed by atoms with Gasteiger partial charge in [0, 0.05) is 11.0 Å². The normalized spacial score (nSPS) is 18.6. The lowest BCUT2D eigenvalue weighted by molar-refractivity contribution is 0.307. The number of hydrogen-bond donors (Lipinski definition) is 1. The maximum Gasteiger partial charge on any atom is 0.127 e. The summed E-state index contributed by atoms with van der Waals surface area (Å²) in [6, 6.07) is 15.1. The lowest BCUT2D eigenvalue weighted by Gasteiger charge is -2.10. The van der Waals surface area contributed by atoms with Gasteiger partial charge in [0.2, 0.25) is 0 Å². The predicted molar refractivity (Wildman–Crippen MR) is 90.1 cm³/mol. The third kappa shape index (κ3) is 3.29. The van der Waals surface area contributed by atoms with Crippen LogP contribution in [0.5, 0.6) is 5.75 Å². The lowest BCUT2D eigenvalue weighted by atomic mass is 9.93. The Labute approximate surface area is 137 Å². The minimum absolute atomic E-state index is 0. The Morgan fingerprint density at radius 2 is 1.86 bits per heavy atom. The van der Waals surface area contributed by atoms with Crippen LogP contribution < -0.4 is 10.1 Å². The molecule has 0 atom stereocenters. The van der Waals surface area contributed by atoms with Crippen molar-refractivity contribution in [3.63, 3.8) is 0 Å². The molecule has 21 heavy (non-hydrogen) atoms. The fraction of sp³-hybridized carbons (Fsp3) is 0.222. The molecule has 0 aromatic heterocycles. The molecule has 1 N–H and O–H groups in total. The van der Waals surface area contributed by atoms with Crippen LogP contribution in [0.15, 0.2) is 54.6 Å². The lowest BCUT2D eigenvalue weighted by Crippen LogP contribution is -2.06. The molecular formula is C18H20ClNO. The van der Waals surface area contributed by atoms with E-state index < -0.39 is 12.9 Å². The highest BCUT2D eigenvalue weighted by atomic mass is 35.5. The van der Waals surface area contributed by atoms with Gasteiger partial charge in [0.05, 0.1) is 0 Å². The van der Waals surface area contributed by atoms with Crippen molar-refractivity contribution >= 4 is 18.0 Å². The van der Waals surface area contributed by atoms with Crippen LogP contribution in [0.25, 0.3) is 5.57 Å². The fourth-order valence-corrected chi connectivity index (χ4v) is 2.36. The third-order valence-corrected chi connectivity index (χ3v) is 3.28. The highest BCUT2D eigenvalue weighted by molar-refractivity contribution is 5.85. The Morgan fingerprint density at radius 1 is 1.14 bits per heavy atom. The van der Waals surface area contributed by atoms with E-state index in [4.69, 9.17) is 10.2 Å². The Kier molecular flexibility index (Phi) is 3.78. The summed E-state index contributed by atoms with van der Waals surface area (Å²) in [5.74, 6) is 0.667. The zero-order chi connectivity index (χ0) is 17.4. The standard InChI is InChI=1S/C18H19NO.ClH/c1-19-12-6-10-16-15-8-3-2-7-14(15)13-20-18-11-5-4-9-17(16)18;/h2-5,7-11,19H,6,12-13H2,1H3;1H/i6D2,12D2;. The number of hydrogen-bond acceptors (Lipinski definition) is 2. The second-order valence-electron chi connectivity index (χ2n) is 4.52. The average Bonchev–Trinajstić information content (AvgIpc) is 2.72. The second-order valence-corrected chi connectivity index (χ2v) is 4.52. The molecule has 2 aromatic rings. The summed E-state index contributed by atoms with van der Waals surface area (Å²) in [5.41, 5.74) is 3.21. The molecule has 1 aliphatic heterocycles. The second kappa shape index (κ2) is 7.30. The summed E-state index contributed by atoms with van der Waals surface area (Å²) in [6.07, 6.45) is -0.850. The summed E-state index contributed by atoms with van der Waals surface area (Å²) in [5, 5.41) is 2.42. The van der Waals surface area contributed by atoms with Crippen molar-refractivity contribution in [1.82, 2.24) is 5.32 Å². The van der Waals surface area contributed by atoms with Gasteiger partial charge in [0.1, 0.15) is 12.4 Å². The minimum Gasteiger partial charge on any atom is -0.488 e. The van der Waals surface area contributed by atoms with E-state index in [-0.39, 0.29) is 12.4 Å². The minimum atomic E-state index is -2.21. The van der Waals surface area contributed by atoms with Crippen molar-refractivity contribution in [3.8, 4) is 5.75 Å². The number of rotatable bonds is 3. The average molecular weight is 306 g/mol. The summed E-state index contributed by atoms with van der Waals surface area (Å²) < 4.78 is 38.2. The Balaban J connectivity index is 0.00000225. The zero-order valence-electron chi connectivity index (χ0n) is 15.7. The molecule has 0 aliphatic carbocycles. The molecule has 0 amide bonds. The van der Waals surface area contributed by atoms with Crippen LogP contribution in [0.4, 0.5) is 0 Å². The van der Waals surface area contributed by atoms with Crippen LogP contribution in [0.1, 0.15) is 28.5 Å². The van der Waals surface area contributed by atoms with Gasteiger partial charge in [0.25, 0.3) is 0 Å². The van der Waals surface area contributed by atoms with Gasteiger partial charge >= 0.3 is 0 Å². The number of fused-ring (bicyclic) bond motifs is 2. The molecule has 0 spiro atoms. The van der Waals surface area contributed by atoms with Crippen molar-refractivity contribution in [2.24, 2.45) is 0 Å². The van der Waals surface area contributed by atoms with Crippen molar-refractivity contribution in [2.45, 2.75) is 13.0 Å². The van der Waals surface area contributed by atoms with Crippen LogP contribution in [-0.4, -0.2) is 13.5 Å². The van der Waals surface area contributed by atoms with E-state index in [0.29, 0.717) is 17.9 Å². The molecule has 1 aliphatic rings. The molecule has 1 heterocycles. The molecule has 0 fully saturated rings. The van der Waals surface area contributed by atoms with Gasteiger partial charge in [-0.1, -0.05) is 48.5 Å². The van der Waals surface area contributed by atoms with Crippen molar-refractivity contribution in [3.05, 3.63) is 71.3 Å². The molecule has 2 nitrogen and oxygen atoms in total. The molecule has 0 saturated carbocycles. The van der Waals surface area contributed by atoms with E-state index in [1.54, 1.807) is 0 Å². The van der Waals surface area contributed by atoms with E-state index >= 15 is 0 Å². The SMILES string of the molecule is Cl.[2H]C([2H])(C=C1c2ccccc2COc2ccccc21)C([2H])([2H])NC. The molecule has 0 radical (unpaired) electrons. The van der Waals surface area contributed by atoms with E-state index in [1.807, 2.05) is 48.5 Å². The van der Waals surface area contributed by atoms with E-state index in [0.717, 1.165) is 16.7 Å². The summed E-state index contributed by atoms with van der Waals surface area (Å²) in [4.78, 5) is 0. The summed E-state index contributed by atoms with van der Waals surface area (Å²) in [6.45, 7) is -1.80. The molecule has 0 saturated heterocycles. The smallest absolute Gasteiger partial charge is 0.127 e. The zero-order valence-corrected chi connectivity index (χ0v) is 12.5. The first-order chi connectivity index (χ1) is 11.4. The van der Waals surface area contributed by atoms with Gasteiger partial charge in [-0.25, -0.2) is 0 Å². The van der Waals surface area contributed by atoms with Crippen LogP contribution in [-0.2, 0) is 6.61 Å². The van der Waals surface area contributed by atoms with Crippen LogP contribution >= 0.6 is 12.4 Å². The van der Waals surface area contributed by atoms with Crippen molar-refractivity contribution in [1.29, 1.82) is 0 Å². The quantitative estimate of drug-likeness (QED) is 0.924. The molecule has 0 bridgehead atoms. The number of benzene rings is 2. The highest BCUT2D eigenvalue weighted by Crippen LogP contribution is 2.36. The van der Waals surface area contributed by atoms with E-state index in [2.05, 4.69) is 5.32 Å². The largest absolute Gasteiger partial charge is 0.488 e. The molecular weight excluding hydrogens is 282 g/mol. The number of halogens is 1. The molecule has 3 heteroatoms. The van der Waals surface area contributed by atoms with Gasteiger partial charge < -0.3 is 10.1 Å². The monoisotopic (exact) mass is 305 g/mol. The predicted octanol–water partition coefficient (Wildman–Crippen LogP) is 4.04. The molecule has 110 valence electrons. The van der Waals surface area contributed by atoms with E-state index in [1.165, 1.54) is 13.1 Å². The Bertz CT molecular complexity index is 743. The van der Waals surface area contributed by atoms with Gasteiger partial charge in [-0.2, -0.15) is 0 Å². The first kappa shape index (κ1) is 10.9. The number of para-hydroxylation sites is 1. The first-order valence-corrected chi connectivity index (χ1v) is 6.58. The molecule has 0 unspecified atom stereocenters. The van der Waals surface area contributed by atoms with Gasteiger partial charge in [0.15, 0.2) is 0 Å². The first-order valence-electron chi connectivity index (χ1n) is 8.58. The van der Waals surface area contributed by atoms with Gasteiger partial charge in [-0.05, 0) is 42.7 Å². The highest BCUT2D eigenvalue weighted by Gasteiger charge is 2.17. The number of nitrogens with one attached hydrogen (secondary N) is 1. The molecule has 2 aromatic carbocycles. The van der Waals surface area contributed by atoms with Crippen molar-refractivity contribution in [2.75, 3.05) is 13.5 Å². The Morgan fingerprint density at radius 3 is 2.67 bits per heavy atom. The van der Waals surface area contributed by atoms with Crippen molar-refractivity contribution < 1.29 is 10.2 Å². The Hall–Kier alpha value is -1.77.